The minimum atomic E-state index is -0.670. The number of ether oxygens (including phenoxy) is 1. The summed E-state index contributed by atoms with van der Waals surface area (Å²) in [5.74, 6) is 3.05. The molecule has 0 fully saturated rings. The van der Waals surface area contributed by atoms with Crippen molar-refractivity contribution >= 4 is 29.1 Å². The Morgan fingerprint density at radius 1 is 1.55 bits per heavy atom. The van der Waals surface area contributed by atoms with Crippen LogP contribution in [0.5, 0.6) is 5.75 Å². The third kappa shape index (κ3) is 6.14. The van der Waals surface area contributed by atoms with E-state index in [1.807, 2.05) is 0 Å². The molecular weight excluding hydrogens is 299 g/mol. The van der Waals surface area contributed by atoms with Gasteiger partial charge in [0.05, 0.1) is 23.2 Å². The molecule has 0 radical (unpaired) electrons. The maximum atomic E-state index is 11.9. The maximum absolute atomic E-state index is 11.9. The first kappa shape index (κ1) is 16.6. The van der Waals surface area contributed by atoms with Gasteiger partial charge in [0.2, 0.25) is 5.91 Å². The number of rotatable bonds is 5. The van der Waals surface area contributed by atoms with Crippen LogP contribution in [0, 0.1) is 11.3 Å². The van der Waals surface area contributed by atoms with Crippen LogP contribution in [0.2, 0.25) is 5.02 Å². The summed E-state index contributed by atoms with van der Waals surface area (Å²) in [7, 11) is 0. The van der Waals surface area contributed by atoms with E-state index in [2.05, 4.69) is 21.6 Å². The number of pyridine rings is 1. The van der Waals surface area contributed by atoms with Crippen LogP contribution in [0.25, 0.3) is 0 Å². The number of nitrogens with zero attached hydrogens (tertiary/aromatic N) is 1. The summed E-state index contributed by atoms with van der Waals surface area (Å²) in [4.78, 5) is 15.8. The van der Waals surface area contributed by atoms with E-state index in [1.165, 1.54) is 6.20 Å². The van der Waals surface area contributed by atoms with E-state index in [0.29, 0.717) is 10.8 Å². The van der Waals surface area contributed by atoms with Crippen molar-refractivity contribution in [3.63, 3.8) is 0 Å². The van der Waals surface area contributed by atoms with Crippen molar-refractivity contribution in [1.82, 2.24) is 10.3 Å². The van der Waals surface area contributed by atoms with Gasteiger partial charge in [-0.2, -0.15) is 0 Å². The first-order valence-corrected chi connectivity index (χ1v) is 6.79. The summed E-state index contributed by atoms with van der Waals surface area (Å²) in [6.45, 7) is 5.33. The molecule has 0 aliphatic rings. The Bertz CT molecular complexity index is 535. The number of carbonyl (C=O) groups excluding carboxylic acids is 1. The largest absolute Gasteiger partial charge is 0.489 e. The second-order valence-corrected chi connectivity index (χ2v) is 5.49. The van der Waals surface area contributed by atoms with Gasteiger partial charge < -0.3 is 10.1 Å². The van der Waals surface area contributed by atoms with Gasteiger partial charge in [-0.3, -0.25) is 9.78 Å². The zero-order chi connectivity index (χ0) is 15.2. The van der Waals surface area contributed by atoms with Gasteiger partial charge in [-0.15, -0.1) is 0 Å². The second kappa shape index (κ2) is 7.37. The first-order valence-electron chi connectivity index (χ1n) is 6.03. The third-order valence-corrected chi connectivity index (χ3v) is 2.60. The fraction of sp³-hybridized carbons (Fsp3) is 0.429. The minimum absolute atomic E-state index is 0.170. The van der Waals surface area contributed by atoms with Crippen LogP contribution in [0.3, 0.4) is 0 Å². The standard InChI is InChI=1S/C14H16Cl2N2O2/c1-10(20-12-7-11(16)8-17-9-12)6-13(19)18-14(2,3)4-5-15/h7-10H,6H2,1-3H3,(H,18,19). The van der Waals surface area contributed by atoms with Crippen molar-refractivity contribution in [2.75, 3.05) is 0 Å². The molecule has 1 unspecified atom stereocenters. The number of amides is 1. The Hall–Kier alpha value is -1.44. The Morgan fingerprint density at radius 3 is 2.85 bits per heavy atom. The van der Waals surface area contributed by atoms with E-state index in [1.54, 1.807) is 33.0 Å². The molecule has 108 valence electrons. The van der Waals surface area contributed by atoms with Crippen LogP contribution in [0.15, 0.2) is 18.5 Å². The lowest BCUT2D eigenvalue weighted by molar-refractivity contribution is -0.123. The van der Waals surface area contributed by atoms with E-state index >= 15 is 0 Å². The molecule has 1 aromatic heterocycles. The first-order chi connectivity index (χ1) is 9.32. The molecule has 0 bridgehead atoms. The number of hydrogen-bond acceptors (Lipinski definition) is 3. The fourth-order valence-corrected chi connectivity index (χ4v) is 1.94. The fourth-order valence-electron chi connectivity index (χ4n) is 1.54. The van der Waals surface area contributed by atoms with Crippen molar-refractivity contribution < 1.29 is 9.53 Å². The number of carbonyl (C=O) groups is 1. The quantitative estimate of drug-likeness (QED) is 0.850. The smallest absolute Gasteiger partial charge is 0.224 e. The van der Waals surface area contributed by atoms with Crippen LogP contribution in [-0.2, 0) is 4.79 Å². The molecule has 0 aliphatic heterocycles. The molecular formula is C14H16Cl2N2O2. The van der Waals surface area contributed by atoms with E-state index in [4.69, 9.17) is 27.9 Å². The SMILES string of the molecule is CC(CC(=O)NC(C)(C)C#CCl)Oc1cncc(Cl)c1. The summed E-state index contributed by atoms with van der Waals surface area (Å²) < 4.78 is 5.57. The van der Waals surface area contributed by atoms with Crippen LogP contribution in [-0.4, -0.2) is 22.5 Å². The Morgan fingerprint density at radius 2 is 2.25 bits per heavy atom. The lowest BCUT2D eigenvalue weighted by Crippen LogP contribution is -2.43. The number of hydrogen-bond donors (Lipinski definition) is 1. The normalized spacial score (nSPS) is 12.1. The third-order valence-electron chi connectivity index (χ3n) is 2.30. The van der Waals surface area contributed by atoms with Crippen LogP contribution in [0.4, 0.5) is 0 Å². The number of aromatic nitrogens is 1. The summed E-state index contributed by atoms with van der Waals surface area (Å²) in [6.07, 6.45) is 2.94. The van der Waals surface area contributed by atoms with Crippen LogP contribution >= 0.6 is 23.2 Å². The van der Waals surface area contributed by atoms with Gasteiger partial charge in [0.15, 0.2) is 0 Å². The molecule has 1 heterocycles. The Labute approximate surface area is 128 Å². The van der Waals surface area contributed by atoms with E-state index in [-0.39, 0.29) is 18.4 Å². The second-order valence-electron chi connectivity index (χ2n) is 4.86. The summed E-state index contributed by atoms with van der Waals surface area (Å²) in [6, 6.07) is 1.64. The number of halogens is 2. The molecule has 1 rings (SSSR count). The summed E-state index contributed by atoms with van der Waals surface area (Å²) >= 11 is 11.1. The average molecular weight is 315 g/mol. The molecule has 0 saturated carbocycles. The van der Waals surface area contributed by atoms with Gasteiger partial charge in [-0.25, -0.2) is 0 Å². The average Bonchev–Trinajstić information content (AvgIpc) is 2.26. The zero-order valence-corrected chi connectivity index (χ0v) is 13.0. The molecule has 0 aliphatic carbocycles. The van der Waals surface area contributed by atoms with Gasteiger partial charge >= 0.3 is 0 Å². The maximum Gasteiger partial charge on any atom is 0.224 e. The molecule has 0 saturated heterocycles. The van der Waals surface area contributed by atoms with Gasteiger partial charge in [-0.05, 0) is 32.4 Å². The van der Waals surface area contributed by atoms with Crippen molar-refractivity contribution in [3.8, 4) is 17.0 Å². The predicted molar refractivity (Wildman–Crippen MR) is 79.8 cm³/mol. The lowest BCUT2D eigenvalue weighted by Gasteiger charge is -2.21. The molecule has 0 aromatic carbocycles. The van der Waals surface area contributed by atoms with Crippen LogP contribution in [0.1, 0.15) is 27.2 Å². The highest BCUT2D eigenvalue weighted by Gasteiger charge is 2.19. The summed E-state index contributed by atoms with van der Waals surface area (Å²) in [5, 5.41) is 5.52. The van der Waals surface area contributed by atoms with Crippen molar-refractivity contribution in [2.45, 2.75) is 38.8 Å². The summed E-state index contributed by atoms with van der Waals surface area (Å²) in [5.41, 5.74) is -0.670. The highest BCUT2D eigenvalue weighted by atomic mass is 35.5. The zero-order valence-electron chi connectivity index (χ0n) is 11.5. The monoisotopic (exact) mass is 314 g/mol. The van der Waals surface area contributed by atoms with Gasteiger partial charge in [0, 0.05) is 17.6 Å². The van der Waals surface area contributed by atoms with E-state index < -0.39 is 5.54 Å². The van der Waals surface area contributed by atoms with E-state index in [9.17, 15) is 4.79 Å². The van der Waals surface area contributed by atoms with Gasteiger partial charge in [-0.1, -0.05) is 17.5 Å². The Kier molecular flexibility index (Phi) is 6.12. The highest BCUT2D eigenvalue weighted by Crippen LogP contribution is 2.17. The van der Waals surface area contributed by atoms with Crippen molar-refractivity contribution in [3.05, 3.63) is 23.5 Å². The highest BCUT2D eigenvalue weighted by molar-refractivity contribution is 6.30. The van der Waals surface area contributed by atoms with Crippen molar-refractivity contribution in [2.24, 2.45) is 0 Å². The minimum Gasteiger partial charge on any atom is -0.489 e. The van der Waals surface area contributed by atoms with Gasteiger partial charge in [0.1, 0.15) is 11.9 Å². The molecule has 0 spiro atoms. The van der Waals surface area contributed by atoms with E-state index in [0.717, 1.165) is 0 Å². The molecule has 1 amide bonds. The van der Waals surface area contributed by atoms with Gasteiger partial charge in [0.25, 0.3) is 0 Å². The molecule has 4 nitrogen and oxygen atoms in total. The molecule has 1 N–H and O–H groups in total. The molecule has 6 heteroatoms. The predicted octanol–water partition coefficient (Wildman–Crippen LogP) is 2.99. The number of nitrogens with one attached hydrogen (secondary N) is 1. The van der Waals surface area contributed by atoms with Crippen molar-refractivity contribution in [1.29, 1.82) is 0 Å². The molecule has 1 atom stereocenters. The van der Waals surface area contributed by atoms with Crippen LogP contribution < -0.4 is 10.1 Å². The topological polar surface area (TPSA) is 51.2 Å². The lowest BCUT2D eigenvalue weighted by atomic mass is 10.1. The molecule has 1 aromatic rings. The molecule has 20 heavy (non-hydrogen) atoms. The Balaban J connectivity index is 2.51.